The van der Waals surface area contributed by atoms with Crippen molar-refractivity contribution in [2.45, 2.75) is 78.1 Å². The number of anilines is 1. The first kappa shape index (κ1) is 40.7. The number of cyclic esters (lactones) is 1. The molecule has 0 spiro atoms. The van der Waals surface area contributed by atoms with Gasteiger partial charge in [-0.05, 0) is 72.4 Å². The smallest absolute Gasteiger partial charge is 0.411 e. The van der Waals surface area contributed by atoms with Crippen molar-refractivity contribution in [3.8, 4) is 28.6 Å². The Kier molecular flexibility index (Phi) is 10.1. The molecule has 9 rings (SSSR count). The zero-order valence-corrected chi connectivity index (χ0v) is 34.6. The average Bonchev–Trinajstić information content (AvgIpc) is 3.82. The number of amidine groups is 1. The largest absolute Gasteiger partial charge is 0.508 e. The van der Waals surface area contributed by atoms with Crippen LogP contribution in [0.5, 0.6) is 17.2 Å². The molecular weight excluding hydrogens is 802 g/mol. The topological polar surface area (TPSA) is 203 Å². The molecule has 6 heterocycles. The Balaban J connectivity index is 0.908. The maximum absolute atomic E-state index is 15.8. The van der Waals surface area contributed by atoms with Gasteiger partial charge in [0.1, 0.15) is 29.7 Å². The predicted molar refractivity (Wildman–Crippen MR) is 225 cm³/mol. The van der Waals surface area contributed by atoms with Crippen LogP contribution in [0.15, 0.2) is 64.5 Å². The minimum absolute atomic E-state index is 0.00709. The SMILES string of the molecule is CCc1c2c(nc3ccc(O)cc13)-c1cc3c(c(=O)n1C2)COC(=O)C3(CC)OC(=O)N1CCN(Cc2ccc(N3C(c4cc(C(C)C)c(O)cc4O)=NNC3O)cc2F)CC1. The van der Waals surface area contributed by atoms with Crippen LogP contribution in [0, 0.1) is 5.82 Å². The van der Waals surface area contributed by atoms with E-state index in [4.69, 9.17) is 14.5 Å². The molecule has 17 heteroatoms. The van der Waals surface area contributed by atoms with Gasteiger partial charge in [-0.25, -0.2) is 19.0 Å². The van der Waals surface area contributed by atoms with E-state index in [0.29, 0.717) is 47.5 Å². The Labute approximate surface area is 355 Å². The van der Waals surface area contributed by atoms with Gasteiger partial charge >= 0.3 is 12.1 Å². The number of carbonyl (C=O) groups is 2. The summed E-state index contributed by atoms with van der Waals surface area (Å²) in [5.41, 5.74) is 5.82. The van der Waals surface area contributed by atoms with Crippen LogP contribution in [0.1, 0.15) is 79.0 Å². The number of ether oxygens (including phenoxy) is 2. The number of esters is 1. The summed E-state index contributed by atoms with van der Waals surface area (Å²) in [6.07, 6.45) is -1.46. The first-order valence-corrected chi connectivity index (χ1v) is 20.7. The molecule has 0 radical (unpaired) electrons. The van der Waals surface area contributed by atoms with Gasteiger partial charge in [0, 0.05) is 66.6 Å². The molecule has 4 aliphatic rings. The zero-order valence-electron chi connectivity index (χ0n) is 34.6. The summed E-state index contributed by atoms with van der Waals surface area (Å²) in [5, 5.41) is 47.0. The van der Waals surface area contributed by atoms with Gasteiger partial charge in [0.15, 0.2) is 5.84 Å². The summed E-state index contributed by atoms with van der Waals surface area (Å²) in [6.45, 7) is 8.83. The fraction of sp³-hybridized carbons (Fsp3) is 0.356. The molecule has 0 bridgehead atoms. The van der Waals surface area contributed by atoms with Crippen molar-refractivity contribution >= 4 is 34.5 Å². The number of hydrogen-bond donors (Lipinski definition) is 5. The number of hydrazone groups is 1. The number of aliphatic hydroxyl groups is 1. The van der Waals surface area contributed by atoms with Crippen molar-refractivity contribution in [1.29, 1.82) is 0 Å². The van der Waals surface area contributed by atoms with Crippen molar-refractivity contribution in [1.82, 2.24) is 24.8 Å². The van der Waals surface area contributed by atoms with Crippen LogP contribution in [0.4, 0.5) is 14.9 Å². The third-order valence-electron chi connectivity index (χ3n) is 12.5. The zero-order chi connectivity index (χ0) is 43.8. The number of aliphatic hydroxyl groups excluding tert-OH is 1. The number of piperazine rings is 1. The molecule has 2 unspecified atom stereocenters. The number of halogens is 1. The molecule has 5 aromatic rings. The molecule has 1 saturated heterocycles. The number of phenols is 3. The number of aromatic hydroxyl groups is 3. The summed E-state index contributed by atoms with van der Waals surface area (Å²) in [7, 11) is 0. The molecule has 0 aliphatic carbocycles. The standard InChI is InChI=1S/C45H46FN7O9/c1-5-27-29-16-26(54)9-10-35(29)47-39-31(27)21-52-36(39)18-33-32(41(52)57)22-61-42(58)45(33,6-2)62-44(60)51-13-11-50(12-14-51)20-24-7-8-25(15-34(24)46)53-40(48-49-43(53)59)30-17-28(23(3)4)37(55)19-38(30)56/h7-10,15-19,23,43,49,54-56,59H,5-6,11-14,20-22H2,1-4H3. The van der Waals surface area contributed by atoms with Crippen molar-refractivity contribution in [2.75, 3.05) is 31.1 Å². The summed E-state index contributed by atoms with van der Waals surface area (Å²) < 4.78 is 29.1. The van der Waals surface area contributed by atoms with Crippen LogP contribution in [0.3, 0.4) is 0 Å². The number of pyridine rings is 2. The Morgan fingerprint density at radius 3 is 2.48 bits per heavy atom. The van der Waals surface area contributed by atoms with Crippen molar-refractivity contribution < 1.29 is 43.9 Å². The highest BCUT2D eigenvalue weighted by Crippen LogP contribution is 2.43. The number of benzene rings is 3. The van der Waals surface area contributed by atoms with E-state index < -0.39 is 29.8 Å². The summed E-state index contributed by atoms with van der Waals surface area (Å²) >= 11 is 0. The summed E-state index contributed by atoms with van der Waals surface area (Å²) in [5.74, 6) is -1.47. The third kappa shape index (κ3) is 6.53. The molecule has 62 heavy (non-hydrogen) atoms. The second-order valence-corrected chi connectivity index (χ2v) is 16.3. The fourth-order valence-electron chi connectivity index (χ4n) is 9.10. The molecule has 322 valence electrons. The summed E-state index contributed by atoms with van der Waals surface area (Å²) in [4.78, 5) is 51.5. The van der Waals surface area contributed by atoms with Crippen LogP contribution in [-0.2, 0) is 46.0 Å². The highest BCUT2D eigenvalue weighted by Gasteiger charge is 2.51. The molecule has 0 saturated carbocycles. The Bertz CT molecular complexity index is 2780. The Morgan fingerprint density at radius 1 is 1.00 bits per heavy atom. The lowest BCUT2D eigenvalue weighted by atomic mass is 9.85. The van der Waals surface area contributed by atoms with Gasteiger partial charge in [-0.15, -0.1) is 0 Å². The van der Waals surface area contributed by atoms with Crippen molar-refractivity contribution in [3.05, 3.63) is 110 Å². The van der Waals surface area contributed by atoms with E-state index in [1.807, 2.05) is 25.7 Å². The summed E-state index contributed by atoms with van der Waals surface area (Å²) in [6, 6.07) is 14.0. The first-order chi connectivity index (χ1) is 29.7. The quantitative estimate of drug-likeness (QED) is 0.128. The fourth-order valence-corrected chi connectivity index (χ4v) is 9.10. The van der Waals surface area contributed by atoms with Gasteiger partial charge in [-0.3, -0.25) is 20.0 Å². The lowest BCUT2D eigenvalue weighted by molar-refractivity contribution is -0.173. The van der Waals surface area contributed by atoms with Crippen LogP contribution in [-0.4, -0.2) is 90.2 Å². The minimum Gasteiger partial charge on any atom is -0.508 e. The number of amides is 1. The van der Waals surface area contributed by atoms with Gasteiger partial charge in [0.2, 0.25) is 12.0 Å². The lowest BCUT2D eigenvalue weighted by Gasteiger charge is -2.39. The maximum Gasteiger partial charge on any atom is 0.411 e. The normalized spacial score (nSPS) is 19.6. The van der Waals surface area contributed by atoms with E-state index >= 15 is 4.39 Å². The van der Waals surface area contributed by atoms with Gasteiger partial charge in [-0.2, -0.15) is 5.10 Å². The minimum atomic E-state index is -1.89. The van der Waals surface area contributed by atoms with Crippen LogP contribution in [0.25, 0.3) is 22.3 Å². The highest BCUT2D eigenvalue weighted by molar-refractivity contribution is 6.12. The second kappa shape index (κ2) is 15.3. The lowest BCUT2D eigenvalue weighted by Crippen LogP contribution is -2.53. The van der Waals surface area contributed by atoms with E-state index in [9.17, 15) is 34.8 Å². The van der Waals surface area contributed by atoms with Crippen molar-refractivity contribution in [2.24, 2.45) is 5.10 Å². The average molecular weight is 848 g/mol. The molecule has 2 aromatic heterocycles. The van der Waals surface area contributed by atoms with Crippen LogP contribution < -0.4 is 15.9 Å². The van der Waals surface area contributed by atoms with Gasteiger partial charge in [-0.1, -0.05) is 33.8 Å². The van der Waals surface area contributed by atoms with Crippen LogP contribution >= 0.6 is 0 Å². The number of phenolic OH excluding ortho intramolecular Hbond substituents is 3. The van der Waals surface area contributed by atoms with Crippen molar-refractivity contribution in [3.63, 3.8) is 0 Å². The Morgan fingerprint density at radius 2 is 1.77 bits per heavy atom. The number of carbonyl (C=O) groups excluding carboxylic acids is 2. The maximum atomic E-state index is 15.8. The molecule has 1 fully saturated rings. The number of fused-ring (bicyclic) bond motifs is 5. The molecule has 2 atom stereocenters. The van der Waals surface area contributed by atoms with E-state index in [1.54, 1.807) is 54.0 Å². The number of aryl methyl sites for hydroxylation is 1. The molecule has 5 N–H and O–H groups in total. The number of nitrogens with zero attached hydrogens (tertiary/aromatic N) is 6. The Hall–Kier alpha value is -6.72. The predicted octanol–water partition coefficient (Wildman–Crippen LogP) is 5.03. The van der Waals surface area contributed by atoms with Gasteiger partial charge < -0.3 is 39.4 Å². The first-order valence-electron chi connectivity index (χ1n) is 20.7. The molecule has 16 nitrogen and oxygen atoms in total. The third-order valence-corrected chi connectivity index (χ3v) is 12.5. The van der Waals surface area contributed by atoms with E-state index in [2.05, 4.69) is 10.5 Å². The molecule has 3 aromatic carbocycles. The monoisotopic (exact) mass is 847 g/mol. The number of hydrogen-bond acceptors (Lipinski definition) is 14. The second-order valence-electron chi connectivity index (χ2n) is 16.3. The van der Waals surface area contributed by atoms with E-state index in [0.717, 1.165) is 16.5 Å². The van der Waals surface area contributed by atoms with E-state index in [-0.39, 0.29) is 96.1 Å². The van der Waals surface area contributed by atoms with Gasteiger partial charge in [0.05, 0.1) is 34.6 Å². The highest BCUT2D eigenvalue weighted by atomic mass is 19.1. The molecule has 1 amide bonds. The van der Waals surface area contributed by atoms with Crippen LogP contribution in [0.2, 0.25) is 0 Å². The number of nitrogens with one attached hydrogen (secondary N) is 1. The number of rotatable bonds is 8. The molecule has 4 aliphatic heterocycles. The number of aromatic nitrogens is 2. The van der Waals surface area contributed by atoms with Gasteiger partial charge in [0.25, 0.3) is 5.56 Å². The van der Waals surface area contributed by atoms with E-state index in [1.165, 1.54) is 21.9 Å². The molecular formula is C45H46FN7O9.